The first kappa shape index (κ1) is 16.2. The van der Waals surface area contributed by atoms with Crippen LogP contribution in [0.15, 0.2) is 47.5 Å². The maximum Gasteiger partial charge on any atom is 0.335 e. The van der Waals surface area contributed by atoms with Gasteiger partial charge in [-0.05, 0) is 30.3 Å². The molecule has 0 unspecified atom stereocenters. The molecule has 1 heterocycles. The summed E-state index contributed by atoms with van der Waals surface area (Å²) in [7, 11) is 1.73. The summed E-state index contributed by atoms with van der Waals surface area (Å²) in [5, 5.41) is 24.7. The number of aromatic hydroxyl groups is 1. The lowest BCUT2D eigenvalue weighted by molar-refractivity contribution is 0.0697. The van der Waals surface area contributed by atoms with Gasteiger partial charge >= 0.3 is 5.97 Å². The molecule has 1 aromatic heterocycles. The first-order valence-corrected chi connectivity index (χ1v) is 8.04. The summed E-state index contributed by atoms with van der Waals surface area (Å²) in [6.45, 7) is 0. The third kappa shape index (κ3) is 3.32. The van der Waals surface area contributed by atoms with Gasteiger partial charge in [0.25, 0.3) is 0 Å². The molecular weight excluding hydrogens is 350 g/mol. The summed E-state index contributed by atoms with van der Waals surface area (Å²) in [5.74, 6) is -1.18. The molecular formula is C16H12ClN3O3S. The number of nitrogens with zero attached hydrogens (tertiary/aromatic N) is 3. The van der Waals surface area contributed by atoms with Crippen LogP contribution in [0, 0.1) is 0 Å². The number of carbonyl (C=O) groups is 1. The van der Waals surface area contributed by atoms with Crippen LogP contribution in [-0.2, 0) is 7.05 Å². The molecule has 2 aromatic carbocycles. The van der Waals surface area contributed by atoms with Crippen LogP contribution in [0.3, 0.4) is 0 Å². The highest BCUT2D eigenvalue weighted by Crippen LogP contribution is 2.27. The number of halogens is 1. The molecule has 24 heavy (non-hydrogen) atoms. The largest absolute Gasteiger partial charge is 0.506 e. The van der Waals surface area contributed by atoms with Crippen molar-refractivity contribution >= 4 is 34.6 Å². The van der Waals surface area contributed by atoms with E-state index in [-0.39, 0.29) is 17.0 Å². The molecule has 0 aliphatic carbocycles. The topological polar surface area (TPSA) is 87.7 Å². The van der Waals surface area contributed by atoms with Gasteiger partial charge in [-0.1, -0.05) is 35.1 Å². The van der Waals surface area contributed by atoms with Crippen LogP contribution in [0.4, 0.5) is 5.69 Å². The van der Waals surface area contributed by atoms with Crippen molar-refractivity contribution in [3.63, 3.8) is 0 Å². The van der Waals surface area contributed by atoms with Gasteiger partial charge in [-0.15, -0.1) is 0 Å². The zero-order valence-corrected chi connectivity index (χ0v) is 14.0. The number of aromatic nitrogens is 2. The Morgan fingerprint density at radius 2 is 1.96 bits per heavy atom. The zero-order valence-electron chi connectivity index (χ0n) is 12.5. The van der Waals surface area contributed by atoms with Crippen molar-refractivity contribution in [2.45, 2.75) is 0 Å². The highest BCUT2D eigenvalue weighted by Gasteiger charge is 2.09. The number of carboxylic acids is 1. The number of hydrogen-bond donors (Lipinski definition) is 2. The van der Waals surface area contributed by atoms with E-state index < -0.39 is 5.97 Å². The molecule has 0 atom stereocenters. The molecule has 2 N–H and O–H groups in total. The second kappa shape index (κ2) is 6.46. The molecule has 122 valence electrons. The van der Waals surface area contributed by atoms with E-state index in [0.717, 1.165) is 10.6 Å². The van der Waals surface area contributed by atoms with Gasteiger partial charge in [-0.3, -0.25) is 0 Å². The molecule has 0 aliphatic heterocycles. The van der Waals surface area contributed by atoms with Gasteiger partial charge in [-0.2, -0.15) is 5.10 Å². The monoisotopic (exact) mass is 361 g/mol. The zero-order chi connectivity index (χ0) is 17.3. The van der Waals surface area contributed by atoms with E-state index in [2.05, 4.69) is 10.1 Å². The van der Waals surface area contributed by atoms with E-state index in [1.54, 1.807) is 23.9 Å². The van der Waals surface area contributed by atoms with Crippen LogP contribution >= 0.6 is 22.9 Å². The van der Waals surface area contributed by atoms with Crippen molar-refractivity contribution < 1.29 is 15.0 Å². The van der Waals surface area contributed by atoms with Gasteiger partial charge in [-0.25, -0.2) is 14.5 Å². The SMILES string of the molecule is Cn1nc(-c2ccc(Cl)cc2)sc1=Nc1cc(C(=O)O)ccc1O. The molecule has 3 rings (SSSR count). The van der Waals surface area contributed by atoms with Crippen LogP contribution in [0.2, 0.25) is 5.02 Å². The van der Waals surface area contributed by atoms with Crippen molar-refractivity contribution in [1.82, 2.24) is 9.78 Å². The summed E-state index contributed by atoms with van der Waals surface area (Å²) in [4.78, 5) is 15.9. The highest BCUT2D eigenvalue weighted by atomic mass is 35.5. The molecule has 0 fully saturated rings. The summed E-state index contributed by atoms with van der Waals surface area (Å²) in [6.07, 6.45) is 0. The summed E-state index contributed by atoms with van der Waals surface area (Å²) in [5.41, 5.74) is 1.12. The van der Waals surface area contributed by atoms with Crippen molar-refractivity contribution in [3.05, 3.63) is 57.9 Å². The minimum absolute atomic E-state index is 0.0524. The third-order valence-corrected chi connectivity index (χ3v) is 4.54. The Labute approximate surface area is 145 Å². The third-order valence-electron chi connectivity index (χ3n) is 3.24. The fourth-order valence-corrected chi connectivity index (χ4v) is 3.04. The Hall–Kier alpha value is -2.64. The fourth-order valence-electron chi connectivity index (χ4n) is 2.01. The predicted molar refractivity (Wildman–Crippen MR) is 91.8 cm³/mol. The first-order chi connectivity index (χ1) is 11.4. The number of phenolic OH excluding ortho intramolecular Hbond substituents is 1. The quantitative estimate of drug-likeness (QED) is 0.748. The Balaban J connectivity index is 2.07. The van der Waals surface area contributed by atoms with Gasteiger partial charge in [0.05, 0.1) is 5.56 Å². The van der Waals surface area contributed by atoms with Gasteiger partial charge in [0.2, 0.25) is 4.80 Å². The van der Waals surface area contributed by atoms with Gasteiger partial charge < -0.3 is 10.2 Å². The number of carboxylic acid groups (broad SMARTS) is 1. The number of hydrogen-bond acceptors (Lipinski definition) is 5. The normalized spacial score (nSPS) is 11.7. The second-order valence-corrected chi connectivity index (χ2v) is 6.33. The van der Waals surface area contributed by atoms with E-state index in [1.807, 2.05) is 12.1 Å². The number of aryl methyl sites for hydroxylation is 1. The lowest BCUT2D eigenvalue weighted by Crippen LogP contribution is -2.11. The van der Waals surface area contributed by atoms with Crippen LogP contribution < -0.4 is 4.80 Å². The van der Waals surface area contributed by atoms with Gasteiger partial charge in [0.1, 0.15) is 16.4 Å². The average Bonchev–Trinajstić information content (AvgIpc) is 2.91. The summed E-state index contributed by atoms with van der Waals surface area (Å²) >= 11 is 7.20. The molecule has 0 bridgehead atoms. The molecule has 0 saturated heterocycles. The molecule has 6 nitrogen and oxygen atoms in total. The highest BCUT2D eigenvalue weighted by molar-refractivity contribution is 7.12. The standard InChI is InChI=1S/C16H12ClN3O3S/c1-20-16(18-12-8-10(15(22)23)4-7-13(12)21)24-14(19-20)9-2-5-11(17)6-3-9/h2-8,21H,1H3,(H,22,23). The molecule has 0 amide bonds. The lowest BCUT2D eigenvalue weighted by Gasteiger charge is -2.00. The maximum atomic E-state index is 11.1. The van der Waals surface area contributed by atoms with Crippen molar-refractivity contribution in [1.29, 1.82) is 0 Å². The minimum Gasteiger partial charge on any atom is -0.506 e. The number of rotatable bonds is 3. The van der Waals surface area contributed by atoms with Crippen LogP contribution in [0.25, 0.3) is 10.6 Å². The number of aromatic carboxylic acids is 1. The summed E-state index contributed by atoms with van der Waals surface area (Å²) < 4.78 is 1.57. The minimum atomic E-state index is -1.08. The van der Waals surface area contributed by atoms with E-state index >= 15 is 0 Å². The molecule has 0 spiro atoms. The van der Waals surface area contributed by atoms with Crippen molar-refractivity contribution in [2.24, 2.45) is 12.0 Å². The van der Waals surface area contributed by atoms with Crippen LogP contribution in [0.1, 0.15) is 10.4 Å². The van der Waals surface area contributed by atoms with Gasteiger partial charge in [0.15, 0.2) is 0 Å². The average molecular weight is 362 g/mol. The predicted octanol–water partition coefficient (Wildman–Crippen LogP) is 3.44. The molecule has 3 aromatic rings. The number of phenols is 1. The van der Waals surface area contributed by atoms with Gasteiger partial charge in [0, 0.05) is 17.6 Å². The van der Waals surface area contributed by atoms with Crippen LogP contribution in [-0.4, -0.2) is 26.0 Å². The van der Waals surface area contributed by atoms with E-state index in [4.69, 9.17) is 16.7 Å². The van der Waals surface area contributed by atoms with Crippen LogP contribution in [0.5, 0.6) is 5.75 Å². The second-order valence-electron chi connectivity index (χ2n) is 4.94. The van der Waals surface area contributed by atoms with E-state index in [9.17, 15) is 9.90 Å². The molecule has 0 saturated carbocycles. The Bertz CT molecular complexity index is 977. The van der Waals surface area contributed by atoms with E-state index in [1.165, 1.54) is 29.5 Å². The lowest BCUT2D eigenvalue weighted by atomic mass is 10.2. The molecule has 0 radical (unpaired) electrons. The maximum absolute atomic E-state index is 11.1. The Morgan fingerprint density at radius 3 is 2.62 bits per heavy atom. The summed E-state index contributed by atoms with van der Waals surface area (Å²) in [6, 6.07) is 11.2. The Kier molecular flexibility index (Phi) is 4.37. The smallest absolute Gasteiger partial charge is 0.335 e. The van der Waals surface area contributed by atoms with Crippen molar-refractivity contribution in [3.8, 4) is 16.3 Å². The van der Waals surface area contributed by atoms with Crippen molar-refractivity contribution in [2.75, 3.05) is 0 Å². The fraction of sp³-hybridized carbons (Fsp3) is 0.0625. The number of benzene rings is 2. The molecule has 8 heteroatoms. The van der Waals surface area contributed by atoms with E-state index in [0.29, 0.717) is 9.82 Å². The first-order valence-electron chi connectivity index (χ1n) is 6.85. The molecule has 0 aliphatic rings. The Morgan fingerprint density at radius 1 is 1.25 bits per heavy atom.